The fourth-order valence-corrected chi connectivity index (χ4v) is 7.17. The number of hydrogen-bond acceptors (Lipinski definition) is 6. The Morgan fingerprint density at radius 3 is 2.63 bits per heavy atom. The number of hydrogen-bond donors (Lipinski definition) is 2. The van der Waals surface area contributed by atoms with E-state index < -0.39 is 13.0 Å². The Balaban J connectivity index is 1.61. The number of phenolic OH excluding ortho intramolecular Hbond substituents is 1. The highest BCUT2D eigenvalue weighted by molar-refractivity contribution is 14.1. The molecule has 2 heterocycles. The SMILES string of the molecule is CCCC1=C2[C@@H](CC/C(=C/c3cc(I)c(O)c(OC)c3)CC)OB(O)C[C@@H]2[C@@H]2C(=O)N(CCC)C(=O)[C@@H]2C1. The normalized spacial score (nSPS) is 25.7. The number of rotatable bonds is 10. The molecule has 4 atom stereocenters. The van der Waals surface area contributed by atoms with Crippen LogP contribution in [0.25, 0.3) is 6.08 Å². The number of allylic oxidation sites excluding steroid dienone is 2. The molecule has 1 aromatic rings. The van der Waals surface area contributed by atoms with Crippen LogP contribution in [-0.4, -0.2) is 53.7 Å². The van der Waals surface area contributed by atoms with Crippen molar-refractivity contribution < 1.29 is 29.1 Å². The third-order valence-corrected chi connectivity index (χ3v) is 9.04. The summed E-state index contributed by atoms with van der Waals surface area (Å²) >= 11 is 2.10. The third-order valence-electron chi connectivity index (χ3n) is 8.22. The molecule has 1 aliphatic carbocycles. The van der Waals surface area contributed by atoms with Crippen molar-refractivity contribution in [2.75, 3.05) is 13.7 Å². The minimum atomic E-state index is -0.949. The lowest BCUT2D eigenvalue weighted by Gasteiger charge is -2.43. The fraction of sp³-hybridized carbons (Fsp3) is 0.586. The van der Waals surface area contributed by atoms with Crippen LogP contribution in [0.1, 0.15) is 71.3 Å². The van der Waals surface area contributed by atoms with E-state index >= 15 is 0 Å². The van der Waals surface area contributed by atoms with Gasteiger partial charge in [0.25, 0.3) is 0 Å². The van der Waals surface area contributed by atoms with Crippen molar-refractivity contribution in [2.24, 2.45) is 17.8 Å². The topological polar surface area (TPSA) is 96.3 Å². The number of aromatic hydroxyl groups is 1. The molecule has 2 aliphatic heterocycles. The van der Waals surface area contributed by atoms with Gasteiger partial charge in [-0.15, -0.1) is 0 Å². The molecule has 4 rings (SSSR count). The zero-order chi connectivity index (χ0) is 27.6. The van der Waals surface area contributed by atoms with Crippen molar-refractivity contribution in [1.82, 2.24) is 4.90 Å². The minimum Gasteiger partial charge on any atom is -0.504 e. The maximum absolute atomic E-state index is 13.4. The Labute approximate surface area is 239 Å². The van der Waals surface area contributed by atoms with Gasteiger partial charge in [0.2, 0.25) is 11.8 Å². The van der Waals surface area contributed by atoms with Crippen LogP contribution >= 0.6 is 22.6 Å². The number of halogens is 1. The van der Waals surface area contributed by atoms with E-state index in [1.165, 1.54) is 16.0 Å². The average molecular weight is 635 g/mol. The molecule has 0 bridgehead atoms. The van der Waals surface area contributed by atoms with Crippen LogP contribution in [-0.2, 0) is 14.2 Å². The number of methoxy groups -OCH3 is 1. The van der Waals surface area contributed by atoms with Gasteiger partial charge in [-0.2, -0.15) is 0 Å². The van der Waals surface area contributed by atoms with Gasteiger partial charge in [-0.25, -0.2) is 0 Å². The summed E-state index contributed by atoms with van der Waals surface area (Å²) in [7, 11) is 0.595. The molecule has 38 heavy (non-hydrogen) atoms. The number of likely N-dealkylation sites (tertiary alicyclic amines) is 1. The molecule has 2 amide bonds. The number of nitrogens with zero attached hydrogens (tertiary/aromatic N) is 1. The smallest absolute Gasteiger partial charge is 0.455 e. The summed E-state index contributed by atoms with van der Waals surface area (Å²) < 4.78 is 12.2. The van der Waals surface area contributed by atoms with E-state index in [4.69, 9.17) is 9.39 Å². The van der Waals surface area contributed by atoms with Gasteiger partial charge in [-0.1, -0.05) is 44.4 Å². The Morgan fingerprint density at radius 2 is 1.97 bits per heavy atom. The van der Waals surface area contributed by atoms with E-state index in [2.05, 4.69) is 42.5 Å². The van der Waals surface area contributed by atoms with E-state index in [0.29, 0.717) is 31.5 Å². The van der Waals surface area contributed by atoms with E-state index in [1.807, 2.05) is 19.1 Å². The lowest BCUT2D eigenvalue weighted by atomic mass is 9.58. The lowest BCUT2D eigenvalue weighted by molar-refractivity contribution is -0.140. The molecule has 0 unspecified atom stereocenters. The first-order valence-corrected chi connectivity index (χ1v) is 15.0. The number of phenols is 1. The van der Waals surface area contributed by atoms with Crippen molar-refractivity contribution in [1.29, 1.82) is 0 Å². The summed E-state index contributed by atoms with van der Waals surface area (Å²) in [5, 5.41) is 20.9. The lowest BCUT2D eigenvalue weighted by Crippen LogP contribution is -2.46. The first kappa shape index (κ1) is 29.1. The van der Waals surface area contributed by atoms with Gasteiger partial charge in [0.1, 0.15) is 0 Å². The fourth-order valence-electron chi connectivity index (χ4n) is 6.55. The predicted octanol–water partition coefficient (Wildman–Crippen LogP) is 5.59. The van der Waals surface area contributed by atoms with E-state index in [1.54, 1.807) is 7.11 Å². The highest BCUT2D eigenvalue weighted by Crippen LogP contribution is 2.51. The van der Waals surface area contributed by atoms with Crippen molar-refractivity contribution in [2.45, 2.75) is 78.1 Å². The number of carbonyl (C=O) groups is 2. The largest absolute Gasteiger partial charge is 0.504 e. The number of benzene rings is 1. The first-order chi connectivity index (χ1) is 18.2. The third kappa shape index (κ3) is 5.70. The summed E-state index contributed by atoms with van der Waals surface area (Å²) in [4.78, 5) is 28.1. The summed E-state index contributed by atoms with van der Waals surface area (Å²) in [5.74, 6) is -0.382. The van der Waals surface area contributed by atoms with Crippen molar-refractivity contribution in [3.8, 4) is 11.5 Å². The van der Waals surface area contributed by atoms with Gasteiger partial charge in [0.05, 0.1) is 28.6 Å². The molecule has 0 radical (unpaired) electrons. The van der Waals surface area contributed by atoms with E-state index in [9.17, 15) is 19.7 Å². The molecule has 2 N–H and O–H groups in total. The molecule has 1 aromatic carbocycles. The summed E-state index contributed by atoms with van der Waals surface area (Å²) in [6, 6.07) is 3.76. The van der Waals surface area contributed by atoms with Crippen molar-refractivity contribution in [3.63, 3.8) is 0 Å². The number of amides is 2. The van der Waals surface area contributed by atoms with Gasteiger partial charge < -0.3 is 19.5 Å². The summed E-state index contributed by atoms with van der Waals surface area (Å²) in [5.41, 5.74) is 4.59. The zero-order valence-corrected chi connectivity index (χ0v) is 25.0. The van der Waals surface area contributed by atoms with Crippen molar-refractivity contribution in [3.05, 3.63) is 38.0 Å². The molecule has 3 aliphatic rings. The number of fused-ring (bicyclic) bond motifs is 3. The molecular formula is C29H39BINO6. The monoisotopic (exact) mass is 635 g/mol. The van der Waals surface area contributed by atoms with Gasteiger partial charge >= 0.3 is 7.12 Å². The molecule has 2 saturated heterocycles. The second-order valence-corrected chi connectivity index (χ2v) is 11.8. The zero-order valence-electron chi connectivity index (χ0n) is 22.8. The van der Waals surface area contributed by atoms with E-state index in [-0.39, 0.29) is 35.5 Å². The highest BCUT2D eigenvalue weighted by atomic mass is 127. The van der Waals surface area contributed by atoms with Crippen LogP contribution in [0.3, 0.4) is 0 Å². The van der Waals surface area contributed by atoms with E-state index in [0.717, 1.165) is 46.8 Å². The summed E-state index contributed by atoms with van der Waals surface area (Å²) in [6.45, 7) is 6.70. The van der Waals surface area contributed by atoms with Crippen LogP contribution in [0.15, 0.2) is 28.9 Å². The Kier molecular flexibility index (Phi) is 9.63. The van der Waals surface area contributed by atoms with Crippen LogP contribution in [0.2, 0.25) is 6.32 Å². The highest BCUT2D eigenvalue weighted by Gasteiger charge is 2.56. The molecule has 0 aromatic heterocycles. The quantitative estimate of drug-likeness (QED) is 0.151. The standard InChI is InChI=1S/C29H39BINO6/c1-5-8-19-15-20-26(29(35)32(11-6-2)28(20)34)21-16-30(36)38-23(25(19)21)10-9-17(7-3)12-18-13-22(31)27(33)24(14-18)37-4/h12-14,20-21,23,26,33,36H,5-11,15-16H2,1-4H3/b17-12+/t20-,21+,23-,26-/m1/s1. The minimum absolute atomic E-state index is 0.0396. The van der Waals surface area contributed by atoms with Crippen LogP contribution in [0, 0.1) is 21.3 Å². The molecular weight excluding hydrogens is 596 g/mol. The molecule has 9 heteroatoms. The Bertz CT molecular complexity index is 1130. The number of imide groups is 1. The van der Waals surface area contributed by atoms with Gasteiger partial charge in [-0.05, 0) is 96.6 Å². The van der Waals surface area contributed by atoms with Crippen LogP contribution in [0.5, 0.6) is 11.5 Å². The second kappa shape index (κ2) is 12.6. The van der Waals surface area contributed by atoms with Crippen molar-refractivity contribution >= 4 is 47.6 Å². The average Bonchev–Trinajstić information content (AvgIpc) is 3.13. The Morgan fingerprint density at radius 1 is 1.21 bits per heavy atom. The first-order valence-electron chi connectivity index (χ1n) is 13.9. The van der Waals surface area contributed by atoms with Gasteiger partial charge in [-0.3, -0.25) is 14.5 Å². The molecule has 0 saturated carbocycles. The van der Waals surface area contributed by atoms with Crippen LogP contribution < -0.4 is 4.74 Å². The summed E-state index contributed by atoms with van der Waals surface area (Å²) in [6.07, 6.45) is 7.73. The number of ether oxygens (including phenoxy) is 1. The number of carbonyl (C=O) groups excluding carboxylic acids is 2. The van der Waals surface area contributed by atoms with Gasteiger partial charge in [0.15, 0.2) is 11.5 Å². The predicted molar refractivity (Wildman–Crippen MR) is 157 cm³/mol. The molecule has 206 valence electrons. The molecule has 2 fully saturated rings. The second-order valence-electron chi connectivity index (χ2n) is 10.6. The molecule has 0 spiro atoms. The maximum atomic E-state index is 13.4. The maximum Gasteiger partial charge on any atom is 0.455 e. The Hall–Kier alpha value is -1.85. The van der Waals surface area contributed by atoms with Gasteiger partial charge in [0, 0.05) is 6.54 Å². The molecule has 7 nitrogen and oxygen atoms in total. The van der Waals surface area contributed by atoms with Crippen LogP contribution in [0.4, 0.5) is 0 Å².